The molecule has 2 aliphatic rings. The smallest absolute Gasteiger partial charge is 0.261 e. The third kappa shape index (κ3) is 5.05. The average Bonchev–Trinajstić information content (AvgIpc) is 2.95. The van der Waals surface area contributed by atoms with Crippen LogP contribution in [0.3, 0.4) is 0 Å². The lowest BCUT2D eigenvalue weighted by atomic mass is 9.79. The number of fused-ring (bicyclic) bond motifs is 1. The van der Waals surface area contributed by atoms with Gasteiger partial charge in [-0.25, -0.2) is 0 Å². The molecule has 3 rings (SSSR count). The Morgan fingerprint density at radius 3 is 2.64 bits per heavy atom. The number of carbonyl (C=O) groups is 1. The molecule has 1 N–H and O–H groups in total. The normalized spacial score (nSPS) is 20.6. The van der Waals surface area contributed by atoms with E-state index < -0.39 is 0 Å². The molecule has 0 bridgehead atoms. The van der Waals surface area contributed by atoms with E-state index in [1.54, 1.807) is 11.3 Å². The molecule has 0 atom stereocenters. The van der Waals surface area contributed by atoms with Crippen molar-refractivity contribution in [3.05, 3.63) is 21.4 Å². The van der Waals surface area contributed by atoms with Crippen molar-refractivity contribution >= 4 is 17.2 Å². The van der Waals surface area contributed by atoms with E-state index in [9.17, 15) is 4.79 Å². The van der Waals surface area contributed by atoms with E-state index in [4.69, 9.17) is 4.74 Å². The van der Waals surface area contributed by atoms with Gasteiger partial charge in [0.05, 0.1) is 4.88 Å². The molecule has 1 amide bonds. The first kappa shape index (κ1) is 18.9. The summed E-state index contributed by atoms with van der Waals surface area (Å²) in [4.78, 5) is 17.3. The van der Waals surface area contributed by atoms with Crippen LogP contribution in [0.1, 0.15) is 58.6 Å². The number of thiophene rings is 1. The van der Waals surface area contributed by atoms with Crippen molar-refractivity contribution in [2.24, 2.45) is 5.41 Å². The minimum Gasteiger partial charge on any atom is -0.381 e. The first-order valence-electron chi connectivity index (χ1n) is 9.70. The van der Waals surface area contributed by atoms with Gasteiger partial charge >= 0.3 is 0 Å². The summed E-state index contributed by atoms with van der Waals surface area (Å²) in [6.07, 6.45) is 9.51. The van der Waals surface area contributed by atoms with Gasteiger partial charge in [-0.15, -0.1) is 11.3 Å². The molecule has 1 saturated heterocycles. The van der Waals surface area contributed by atoms with Crippen LogP contribution in [0.5, 0.6) is 0 Å². The van der Waals surface area contributed by atoms with E-state index in [2.05, 4.69) is 30.4 Å². The second kappa shape index (κ2) is 8.65. The Bertz CT molecular complexity index is 551. The largest absolute Gasteiger partial charge is 0.381 e. The maximum absolute atomic E-state index is 12.8. The first-order valence-corrected chi connectivity index (χ1v) is 10.5. The highest BCUT2D eigenvalue weighted by Gasteiger charge is 2.33. The van der Waals surface area contributed by atoms with Crippen LogP contribution in [0.2, 0.25) is 0 Å². The first-order chi connectivity index (χ1) is 12.1. The highest BCUT2D eigenvalue weighted by molar-refractivity contribution is 7.14. The van der Waals surface area contributed by atoms with Crippen molar-refractivity contribution in [2.45, 2.75) is 51.4 Å². The van der Waals surface area contributed by atoms with Crippen LogP contribution >= 0.6 is 11.3 Å². The maximum atomic E-state index is 12.8. The molecule has 4 nitrogen and oxygen atoms in total. The molecule has 1 aliphatic carbocycles. The van der Waals surface area contributed by atoms with Gasteiger partial charge in [0, 0.05) is 36.6 Å². The average molecular weight is 365 g/mol. The Kier molecular flexibility index (Phi) is 6.53. The minimum absolute atomic E-state index is 0.112. The molecule has 0 saturated carbocycles. The van der Waals surface area contributed by atoms with Crippen LogP contribution in [0.15, 0.2) is 6.07 Å². The van der Waals surface area contributed by atoms with Gasteiger partial charge in [0.1, 0.15) is 0 Å². The fourth-order valence-electron chi connectivity index (χ4n) is 4.18. The number of hydrogen-bond donors (Lipinski definition) is 1. The van der Waals surface area contributed by atoms with Crippen molar-refractivity contribution in [2.75, 3.05) is 40.4 Å². The van der Waals surface area contributed by atoms with Crippen LogP contribution in [-0.2, 0) is 17.6 Å². The van der Waals surface area contributed by atoms with Crippen molar-refractivity contribution in [1.29, 1.82) is 0 Å². The number of nitrogens with one attached hydrogen (secondary N) is 1. The van der Waals surface area contributed by atoms with Crippen LogP contribution in [0.4, 0.5) is 0 Å². The third-order valence-corrected chi connectivity index (χ3v) is 6.79. The van der Waals surface area contributed by atoms with Crippen molar-refractivity contribution in [3.63, 3.8) is 0 Å². The predicted molar refractivity (Wildman–Crippen MR) is 104 cm³/mol. The Morgan fingerprint density at radius 2 is 1.92 bits per heavy atom. The van der Waals surface area contributed by atoms with Gasteiger partial charge in [0.25, 0.3) is 5.91 Å². The Hall–Kier alpha value is -0.910. The summed E-state index contributed by atoms with van der Waals surface area (Å²) in [6.45, 7) is 3.35. The number of carbonyl (C=O) groups excluding carboxylic acids is 1. The van der Waals surface area contributed by atoms with Crippen LogP contribution < -0.4 is 5.32 Å². The molecular weight excluding hydrogens is 332 g/mol. The lowest BCUT2D eigenvalue weighted by Gasteiger charge is -2.39. The van der Waals surface area contributed by atoms with Gasteiger partial charge < -0.3 is 15.0 Å². The summed E-state index contributed by atoms with van der Waals surface area (Å²) in [6, 6.07) is 2.16. The Morgan fingerprint density at radius 1 is 1.20 bits per heavy atom. The summed E-state index contributed by atoms with van der Waals surface area (Å²) in [7, 11) is 4.22. The second-order valence-electron chi connectivity index (χ2n) is 8.01. The van der Waals surface area contributed by atoms with Gasteiger partial charge in [0.15, 0.2) is 0 Å². The molecule has 140 valence electrons. The summed E-state index contributed by atoms with van der Waals surface area (Å²) >= 11 is 1.72. The fourth-order valence-corrected chi connectivity index (χ4v) is 5.35. The van der Waals surface area contributed by atoms with Crippen molar-refractivity contribution < 1.29 is 9.53 Å². The van der Waals surface area contributed by atoms with E-state index in [0.717, 1.165) is 56.9 Å². The lowest BCUT2D eigenvalue weighted by Crippen LogP contribution is -2.46. The molecule has 25 heavy (non-hydrogen) atoms. The van der Waals surface area contributed by atoms with Crippen molar-refractivity contribution in [1.82, 2.24) is 10.2 Å². The molecular formula is C20H32N2O2S. The summed E-state index contributed by atoms with van der Waals surface area (Å²) < 4.78 is 5.55. The number of hydrogen-bond acceptors (Lipinski definition) is 4. The molecule has 1 aromatic rings. The van der Waals surface area contributed by atoms with Gasteiger partial charge in [-0.1, -0.05) is 12.8 Å². The van der Waals surface area contributed by atoms with Gasteiger partial charge in [-0.2, -0.15) is 0 Å². The standard InChI is InChI=1S/C20H32N2O2S/c1-22(2)15-20(9-11-24-12-10-20)14-21-19(23)18-13-16-7-5-3-4-6-8-17(16)25-18/h13H,3-12,14-15H2,1-2H3,(H,21,23). The minimum atomic E-state index is 0.112. The van der Waals surface area contributed by atoms with Crippen LogP contribution in [-0.4, -0.2) is 51.2 Å². The zero-order chi connectivity index (χ0) is 17.7. The van der Waals surface area contributed by atoms with E-state index >= 15 is 0 Å². The third-order valence-electron chi connectivity index (χ3n) is 5.55. The number of nitrogens with zero attached hydrogens (tertiary/aromatic N) is 1. The summed E-state index contributed by atoms with van der Waals surface area (Å²) in [5, 5.41) is 3.24. The summed E-state index contributed by atoms with van der Waals surface area (Å²) in [5.41, 5.74) is 1.56. The highest BCUT2D eigenvalue weighted by Crippen LogP contribution is 2.31. The molecule has 0 spiro atoms. The number of aryl methyl sites for hydroxylation is 2. The van der Waals surface area contributed by atoms with E-state index in [0.29, 0.717) is 0 Å². The monoisotopic (exact) mass is 364 g/mol. The molecule has 2 heterocycles. The highest BCUT2D eigenvalue weighted by atomic mass is 32.1. The molecule has 5 heteroatoms. The van der Waals surface area contributed by atoms with E-state index in [1.165, 1.54) is 36.1 Å². The molecule has 0 radical (unpaired) electrons. The number of rotatable bonds is 5. The second-order valence-corrected chi connectivity index (χ2v) is 9.14. The zero-order valence-electron chi connectivity index (χ0n) is 15.7. The van der Waals surface area contributed by atoms with Crippen molar-refractivity contribution in [3.8, 4) is 0 Å². The SMILES string of the molecule is CN(C)CC1(CNC(=O)c2cc3c(s2)CCCCCC3)CCOCC1. The quantitative estimate of drug-likeness (QED) is 0.869. The lowest BCUT2D eigenvalue weighted by molar-refractivity contribution is 0.00287. The summed E-state index contributed by atoms with van der Waals surface area (Å²) in [5.74, 6) is 0.112. The van der Waals surface area contributed by atoms with Gasteiger partial charge in [-0.3, -0.25) is 4.79 Å². The van der Waals surface area contributed by atoms with Crippen LogP contribution in [0, 0.1) is 5.41 Å². The fraction of sp³-hybridized carbons (Fsp3) is 0.750. The number of ether oxygens (including phenoxy) is 1. The van der Waals surface area contributed by atoms with Gasteiger partial charge in [0.2, 0.25) is 0 Å². The maximum Gasteiger partial charge on any atom is 0.261 e. The number of amides is 1. The van der Waals surface area contributed by atoms with Gasteiger partial charge in [-0.05, 0) is 64.3 Å². The van der Waals surface area contributed by atoms with E-state index in [1.807, 2.05) is 0 Å². The van der Waals surface area contributed by atoms with Crippen LogP contribution in [0.25, 0.3) is 0 Å². The zero-order valence-corrected chi connectivity index (χ0v) is 16.6. The Labute approximate surface area is 155 Å². The molecule has 1 aliphatic heterocycles. The molecule has 1 fully saturated rings. The van der Waals surface area contributed by atoms with E-state index in [-0.39, 0.29) is 11.3 Å². The predicted octanol–water partition coefficient (Wildman–Crippen LogP) is 3.50. The topological polar surface area (TPSA) is 41.6 Å². The molecule has 0 unspecified atom stereocenters. The molecule has 0 aromatic carbocycles. The Balaban J connectivity index is 1.64. The molecule has 1 aromatic heterocycles.